The Labute approximate surface area is 200 Å². The molecule has 1 aliphatic heterocycles. The number of benzene rings is 2. The summed E-state index contributed by atoms with van der Waals surface area (Å²) in [6.45, 7) is 6.16. The highest BCUT2D eigenvalue weighted by Crippen LogP contribution is 2.44. The van der Waals surface area contributed by atoms with Gasteiger partial charge in [-0.25, -0.2) is 9.59 Å². The molecule has 1 fully saturated rings. The van der Waals surface area contributed by atoms with Gasteiger partial charge in [0.05, 0.1) is 0 Å². The van der Waals surface area contributed by atoms with Crippen molar-refractivity contribution in [2.24, 2.45) is 5.41 Å². The van der Waals surface area contributed by atoms with Crippen LogP contribution in [0, 0.1) is 5.41 Å². The molecule has 2 aliphatic rings. The lowest BCUT2D eigenvalue weighted by Gasteiger charge is -2.52. The summed E-state index contributed by atoms with van der Waals surface area (Å²) in [6, 6.07) is 14.5. The number of nitrogens with one attached hydrogen (secondary N) is 1. The predicted octanol–water partition coefficient (Wildman–Crippen LogP) is 4.41. The van der Waals surface area contributed by atoms with Gasteiger partial charge in [0, 0.05) is 17.9 Å². The maximum absolute atomic E-state index is 13.1. The van der Waals surface area contributed by atoms with Gasteiger partial charge < -0.3 is 20.1 Å². The van der Waals surface area contributed by atoms with E-state index in [0.717, 1.165) is 35.1 Å². The lowest BCUT2D eigenvalue weighted by molar-refractivity contribution is -0.172. The van der Waals surface area contributed by atoms with E-state index in [4.69, 9.17) is 4.74 Å². The third kappa shape index (κ3) is 4.39. The first-order chi connectivity index (χ1) is 16.2. The molecule has 7 nitrogen and oxygen atoms in total. The first-order valence-corrected chi connectivity index (χ1v) is 11.9. The number of nitrogens with zero attached hydrogens (tertiary/aromatic N) is 1. The van der Waals surface area contributed by atoms with Gasteiger partial charge in [0.2, 0.25) is 5.91 Å². The predicted molar refractivity (Wildman–Crippen MR) is 128 cm³/mol. The summed E-state index contributed by atoms with van der Waals surface area (Å²) in [6.07, 6.45) is 1.35. The van der Waals surface area contributed by atoms with Crippen molar-refractivity contribution < 1.29 is 24.2 Å². The molecule has 0 spiro atoms. The Hall–Kier alpha value is -3.35. The van der Waals surface area contributed by atoms with Crippen LogP contribution in [0.25, 0.3) is 11.1 Å². The third-order valence-electron chi connectivity index (χ3n) is 6.93. The molecular weight excluding hydrogens is 432 g/mol. The van der Waals surface area contributed by atoms with Crippen molar-refractivity contribution in [3.8, 4) is 11.1 Å². The van der Waals surface area contributed by atoms with Crippen molar-refractivity contribution in [1.82, 2.24) is 10.2 Å². The molecule has 1 heterocycles. The minimum atomic E-state index is -1.03. The molecule has 2 aromatic carbocycles. The van der Waals surface area contributed by atoms with E-state index in [1.54, 1.807) is 0 Å². The van der Waals surface area contributed by atoms with Gasteiger partial charge in [0.25, 0.3) is 0 Å². The molecule has 7 heteroatoms. The molecule has 2 amide bonds. The fraction of sp³-hybridized carbons (Fsp3) is 0.444. The van der Waals surface area contributed by atoms with E-state index in [0.29, 0.717) is 13.0 Å². The Morgan fingerprint density at radius 1 is 1.09 bits per heavy atom. The number of carboxylic acids is 1. The topological polar surface area (TPSA) is 95.9 Å². The highest BCUT2D eigenvalue weighted by Gasteiger charge is 2.53. The van der Waals surface area contributed by atoms with Crippen molar-refractivity contribution in [1.29, 1.82) is 0 Å². The van der Waals surface area contributed by atoms with Crippen molar-refractivity contribution >= 4 is 18.0 Å². The summed E-state index contributed by atoms with van der Waals surface area (Å²) in [5.41, 5.74) is 4.01. The van der Waals surface area contributed by atoms with E-state index in [1.807, 2.05) is 57.2 Å². The summed E-state index contributed by atoms with van der Waals surface area (Å²) < 4.78 is 5.61. The number of likely N-dealkylation sites (tertiary alicyclic amines) is 1. The van der Waals surface area contributed by atoms with Crippen LogP contribution in [0.15, 0.2) is 48.5 Å². The quantitative estimate of drug-likeness (QED) is 0.604. The number of rotatable bonds is 8. The van der Waals surface area contributed by atoms with Gasteiger partial charge in [-0.15, -0.1) is 0 Å². The Morgan fingerprint density at radius 3 is 2.21 bits per heavy atom. The van der Waals surface area contributed by atoms with Crippen LogP contribution in [0.4, 0.5) is 4.79 Å². The molecule has 34 heavy (non-hydrogen) atoms. The van der Waals surface area contributed by atoms with E-state index in [1.165, 1.54) is 4.90 Å². The van der Waals surface area contributed by atoms with Crippen molar-refractivity contribution in [3.05, 3.63) is 59.7 Å². The Bertz CT molecular complexity index is 1050. The second-order valence-electron chi connectivity index (χ2n) is 9.86. The highest BCUT2D eigenvalue weighted by molar-refractivity contribution is 5.91. The highest BCUT2D eigenvalue weighted by atomic mass is 16.5. The lowest BCUT2D eigenvalue weighted by atomic mass is 9.74. The van der Waals surface area contributed by atoms with Crippen LogP contribution in [0.5, 0.6) is 0 Å². The van der Waals surface area contributed by atoms with Crippen LogP contribution in [-0.2, 0) is 14.3 Å². The van der Waals surface area contributed by atoms with Gasteiger partial charge in [0.1, 0.15) is 18.7 Å². The number of carboxylic acid groups (broad SMARTS) is 1. The number of ether oxygens (including phenoxy) is 1. The van der Waals surface area contributed by atoms with Gasteiger partial charge in [-0.2, -0.15) is 0 Å². The number of carbonyl (C=O) groups is 3. The molecule has 1 unspecified atom stereocenters. The van der Waals surface area contributed by atoms with Crippen LogP contribution in [0.2, 0.25) is 0 Å². The summed E-state index contributed by atoms with van der Waals surface area (Å²) in [7, 11) is 0. The molecule has 4 rings (SSSR count). The SMILES string of the molecule is CCCC[C@H](NC(=O)OCC1c2ccccc2-c2ccccc21)C(=O)N1CC(C)(C)C1C(=O)O. The number of hydrogen-bond donors (Lipinski definition) is 2. The maximum atomic E-state index is 13.1. The standard InChI is InChI=1S/C27H32N2O5/c1-4-5-14-22(24(30)29-16-27(2,3)23(29)25(31)32)28-26(33)34-15-21-19-12-8-6-10-17(19)18-11-7-9-13-20(18)21/h6-13,21-23H,4-5,14-16H2,1-3H3,(H,28,33)(H,31,32)/t22-,23?/m0/s1. The smallest absolute Gasteiger partial charge is 0.407 e. The van der Waals surface area contributed by atoms with E-state index in [9.17, 15) is 19.5 Å². The Balaban J connectivity index is 1.43. The zero-order valence-electron chi connectivity index (χ0n) is 19.9. The number of hydrogen-bond acceptors (Lipinski definition) is 4. The van der Waals surface area contributed by atoms with Crippen LogP contribution >= 0.6 is 0 Å². The van der Waals surface area contributed by atoms with E-state index >= 15 is 0 Å². The van der Waals surface area contributed by atoms with Gasteiger partial charge >= 0.3 is 12.1 Å². The van der Waals surface area contributed by atoms with Gasteiger partial charge in [-0.1, -0.05) is 82.1 Å². The van der Waals surface area contributed by atoms with Gasteiger partial charge in [-0.3, -0.25) is 4.79 Å². The summed E-state index contributed by atoms with van der Waals surface area (Å²) >= 11 is 0. The average Bonchev–Trinajstić information content (AvgIpc) is 3.12. The Morgan fingerprint density at radius 2 is 1.68 bits per heavy atom. The molecule has 1 saturated heterocycles. The molecule has 180 valence electrons. The second kappa shape index (κ2) is 9.49. The third-order valence-corrected chi connectivity index (χ3v) is 6.93. The van der Waals surface area contributed by atoms with Crippen molar-refractivity contribution in [2.45, 2.75) is 58.0 Å². The normalized spacial score (nSPS) is 18.9. The van der Waals surface area contributed by atoms with Crippen LogP contribution < -0.4 is 5.32 Å². The molecule has 0 radical (unpaired) electrons. The number of unbranched alkanes of at least 4 members (excludes halogenated alkanes) is 1. The first-order valence-electron chi connectivity index (χ1n) is 11.9. The largest absolute Gasteiger partial charge is 0.480 e. The van der Waals surface area contributed by atoms with Crippen molar-refractivity contribution in [2.75, 3.05) is 13.2 Å². The van der Waals surface area contributed by atoms with Gasteiger partial charge in [-0.05, 0) is 28.7 Å². The minimum Gasteiger partial charge on any atom is -0.480 e. The molecule has 0 aromatic heterocycles. The summed E-state index contributed by atoms with van der Waals surface area (Å²) in [4.78, 5) is 39.0. The second-order valence-corrected chi connectivity index (χ2v) is 9.86. The molecule has 0 saturated carbocycles. The molecule has 0 bridgehead atoms. The van der Waals surface area contributed by atoms with Crippen LogP contribution in [-0.4, -0.2) is 53.2 Å². The van der Waals surface area contributed by atoms with Crippen LogP contribution in [0.3, 0.4) is 0 Å². The fourth-order valence-electron chi connectivity index (χ4n) is 5.25. The molecule has 1 aliphatic carbocycles. The molecular formula is C27H32N2O5. The fourth-order valence-corrected chi connectivity index (χ4v) is 5.25. The molecule has 2 N–H and O–H groups in total. The first kappa shape index (κ1) is 23.8. The van der Waals surface area contributed by atoms with E-state index < -0.39 is 29.6 Å². The summed E-state index contributed by atoms with van der Waals surface area (Å²) in [5, 5.41) is 12.3. The van der Waals surface area contributed by atoms with E-state index in [-0.39, 0.29) is 18.4 Å². The zero-order chi connectivity index (χ0) is 24.5. The van der Waals surface area contributed by atoms with Crippen molar-refractivity contribution in [3.63, 3.8) is 0 Å². The number of amides is 2. The van der Waals surface area contributed by atoms with Crippen LogP contribution in [0.1, 0.15) is 57.1 Å². The molecule has 2 atom stereocenters. The zero-order valence-corrected chi connectivity index (χ0v) is 19.9. The number of fused-ring (bicyclic) bond motifs is 3. The van der Waals surface area contributed by atoms with Gasteiger partial charge in [0.15, 0.2) is 0 Å². The monoisotopic (exact) mass is 464 g/mol. The lowest BCUT2D eigenvalue weighted by Crippen LogP contribution is -2.69. The minimum absolute atomic E-state index is 0.0736. The number of aliphatic carboxylic acids is 1. The number of alkyl carbamates (subject to hydrolysis) is 1. The Kier molecular flexibility index (Phi) is 6.64. The number of carbonyl (C=O) groups excluding carboxylic acids is 2. The summed E-state index contributed by atoms with van der Waals surface area (Å²) in [5.74, 6) is -1.47. The van der Waals surface area contributed by atoms with E-state index in [2.05, 4.69) is 17.4 Å². The maximum Gasteiger partial charge on any atom is 0.407 e. The average molecular weight is 465 g/mol. The molecule has 2 aromatic rings.